The zero-order chi connectivity index (χ0) is 16.0. The summed E-state index contributed by atoms with van der Waals surface area (Å²) in [4.78, 5) is 34.4. The molecule has 0 atom stereocenters. The van der Waals surface area contributed by atoms with Crippen molar-refractivity contribution in [1.82, 2.24) is 19.5 Å². The van der Waals surface area contributed by atoms with Crippen LogP contribution < -0.4 is 17.0 Å². The molecular weight excluding hydrogens is 294 g/mol. The van der Waals surface area contributed by atoms with E-state index in [2.05, 4.69) is 15.0 Å². The number of aromatic amines is 2. The van der Waals surface area contributed by atoms with Crippen LogP contribution in [0.5, 0.6) is 0 Å². The molecule has 3 aromatic rings. The Bertz CT molecular complexity index is 975. The van der Waals surface area contributed by atoms with Crippen LogP contribution in [0.4, 0.5) is 0 Å². The van der Waals surface area contributed by atoms with Crippen LogP contribution in [-0.4, -0.2) is 26.1 Å². The van der Waals surface area contributed by atoms with Gasteiger partial charge >= 0.3 is 5.69 Å². The van der Waals surface area contributed by atoms with Crippen molar-refractivity contribution in [2.45, 2.75) is 31.7 Å². The maximum atomic E-state index is 12.5. The third-order valence-corrected chi connectivity index (χ3v) is 5.00. The van der Waals surface area contributed by atoms with E-state index in [1.54, 1.807) is 10.8 Å². The molecule has 23 heavy (non-hydrogen) atoms. The monoisotopic (exact) mass is 313 g/mol. The summed E-state index contributed by atoms with van der Waals surface area (Å²) < 4.78 is 1.75. The minimum Gasteiger partial charge on any atom is -0.346 e. The number of H-pyrrole nitrogens is 2. The second-order valence-electron chi connectivity index (χ2n) is 6.30. The number of nitrogens with one attached hydrogen (secondary N) is 2. The average Bonchev–Trinajstić information content (AvgIpc) is 3.04. The van der Waals surface area contributed by atoms with E-state index in [1.807, 2.05) is 6.07 Å². The molecule has 0 radical (unpaired) electrons. The Morgan fingerprint density at radius 2 is 2.00 bits per heavy atom. The third kappa shape index (κ3) is 2.19. The number of hydrogen-bond acceptors (Lipinski definition) is 4. The van der Waals surface area contributed by atoms with Crippen LogP contribution in [0.3, 0.4) is 0 Å². The SMILES string of the molecule is NCC1CCC(n2c(=O)[nH]c(=O)c3cnc4[nH]ccc4c32)CC1. The molecule has 7 heteroatoms. The molecule has 3 aromatic heterocycles. The van der Waals surface area contributed by atoms with Gasteiger partial charge in [-0.15, -0.1) is 0 Å². The Morgan fingerprint density at radius 1 is 1.22 bits per heavy atom. The average molecular weight is 313 g/mol. The van der Waals surface area contributed by atoms with Crippen molar-refractivity contribution in [2.75, 3.05) is 6.54 Å². The number of nitrogens with two attached hydrogens (primary N) is 1. The van der Waals surface area contributed by atoms with Gasteiger partial charge in [-0.3, -0.25) is 14.3 Å². The second kappa shape index (κ2) is 5.34. The van der Waals surface area contributed by atoms with Crippen LogP contribution in [0.1, 0.15) is 31.7 Å². The Kier molecular flexibility index (Phi) is 3.30. The maximum Gasteiger partial charge on any atom is 0.329 e. The molecule has 7 nitrogen and oxygen atoms in total. The molecular formula is C16H19N5O2. The van der Waals surface area contributed by atoms with E-state index in [0.717, 1.165) is 31.1 Å². The molecule has 0 aliphatic heterocycles. The fourth-order valence-corrected chi connectivity index (χ4v) is 3.73. The Morgan fingerprint density at radius 3 is 2.74 bits per heavy atom. The molecule has 1 aliphatic rings. The number of aromatic nitrogens is 4. The van der Waals surface area contributed by atoms with Gasteiger partial charge < -0.3 is 10.7 Å². The van der Waals surface area contributed by atoms with Crippen LogP contribution in [0.15, 0.2) is 28.0 Å². The molecule has 4 rings (SSSR count). The highest BCUT2D eigenvalue weighted by molar-refractivity contribution is 6.01. The molecule has 120 valence electrons. The van der Waals surface area contributed by atoms with Crippen molar-refractivity contribution in [3.05, 3.63) is 39.3 Å². The minimum absolute atomic E-state index is 0.0881. The summed E-state index contributed by atoms with van der Waals surface area (Å²) >= 11 is 0. The van der Waals surface area contributed by atoms with Crippen LogP contribution in [0.25, 0.3) is 21.9 Å². The van der Waals surface area contributed by atoms with E-state index in [0.29, 0.717) is 29.0 Å². The molecule has 0 bridgehead atoms. The largest absolute Gasteiger partial charge is 0.346 e. The van der Waals surface area contributed by atoms with Crippen molar-refractivity contribution in [1.29, 1.82) is 0 Å². The molecule has 1 saturated carbocycles. The number of nitrogens with zero attached hydrogens (tertiary/aromatic N) is 2. The van der Waals surface area contributed by atoms with Crippen molar-refractivity contribution in [3.63, 3.8) is 0 Å². The lowest BCUT2D eigenvalue weighted by Crippen LogP contribution is -2.35. The molecule has 0 saturated heterocycles. The zero-order valence-electron chi connectivity index (χ0n) is 12.7. The zero-order valence-corrected chi connectivity index (χ0v) is 12.7. The highest BCUT2D eigenvalue weighted by Crippen LogP contribution is 2.33. The summed E-state index contributed by atoms with van der Waals surface area (Å²) in [6.07, 6.45) is 7.13. The van der Waals surface area contributed by atoms with Gasteiger partial charge in [-0.25, -0.2) is 9.78 Å². The van der Waals surface area contributed by atoms with E-state index in [9.17, 15) is 9.59 Å². The minimum atomic E-state index is -0.382. The maximum absolute atomic E-state index is 12.5. The summed E-state index contributed by atoms with van der Waals surface area (Å²) in [5, 5.41) is 1.27. The summed E-state index contributed by atoms with van der Waals surface area (Å²) in [7, 11) is 0. The predicted molar refractivity (Wildman–Crippen MR) is 88.5 cm³/mol. The molecule has 0 amide bonds. The summed E-state index contributed by atoms with van der Waals surface area (Å²) in [6, 6.07) is 1.95. The van der Waals surface area contributed by atoms with Gasteiger partial charge in [0.15, 0.2) is 0 Å². The van der Waals surface area contributed by atoms with Crippen molar-refractivity contribution in [3.8, 4) is 0 Å². The first kappa shape index (κ1) is 14.2. The lowest BCUT2D eigenvalue weighted by atomic mass is 9.86. The Labute approximate surface area is 131 Å². The summed E-state index contributed by atoms with van der Waals surface area (Å²) in [5.41, 5.74) is 6.41. The quantitative estimate of drug-likeness (QED) is 0.661. The van der Waals surface area contributed by atoms with Gasteiger partial charge in [-0.2, -0.15) is 0 Å². The molecule has 0 unspecified atom stereocenters. The predicted octanol–water partition coefficient (Wildman–Crippen LogP) is 1.26. The number of rotatable bonds is 2. The van der Waals surface area contributed by atoms with E-state index in [-0.39, 0.29) is 17.3 Å². The molecule has 4 N–H and O–H groups in total. The first-order valence-corrected chi connectivity index (χ1v) is 7.99. The lowest BCUT2D eigenvalue weighted by Gasteiger charge is -2.29. The van der Waals surface area contributed by atoms with Crippen molar-refractivity contribution < 1.29 is 0 Å². The number of hydrogen-bond donors (Lipinski definition) is 3. The Balaban J connectivity index is 1.97. The van der Waals surface area contributed by atoms with Crippen molar-refractivity contribution >= 4 is 21.9 Å². The van der Waals surface area contributed by atoms with Crippen LogP contribution in [0.2, 0.25) is 0 Å². The molecule has 1 aliphatic carbocycles. The second-order valence-corrected chi connectivity index (χ2v) is 6.30. The van der Waals surface area contributed by atoms with Gasteiger partial charge in [-0.05, 0) is 44.2 Å². The van der Waals surface area contributed by atoms with E-state index < -0.39 is 0 Å². The standard InChI is InChI=1S/C16H19N5O2/c17-7-9-1-3-10(4-2-9)21-13-11-5-6-18-14(11)19-8-12(13)15(22)20-16(21)23/h5-6,8-10H,1-4,7,17H2,(H,18,19)(H,20,22,23). The fourth-order valence-electron chi connectivity index (χ4n) is 3.73. The van der Waals surface area contributed by atoms with Gasteiger partial charge in [0.1, 0.15) is 5.65 Å². The molecule has 0 aromatic carbocycles. The van der Waals surface area contributed by atoms with Crippen molar-refractivity contribution in [2.24, 2.45) is 11.7 Å². The third-order valence-electron chi connectivity index (χ3n) is 5.00. The van der Waals surface area contributed by atoms with Crippen LogP contribution in [-0.2, 0) is 0 Å². The molecule has 1 fully saturated rings. The van der Waals surface area contributed by atoms with Gasteiger partial charge in [0, 0.05) is 23.8 Å². The van der Waals surface area contributed by atoms with Gasteiger partial charge in [0.25, 0.3) is 5.56 Å². The van der Waals surface area contributed by atoms with Crippen LogP contribution in [0, 0.1) is 5.92 Å². The fraction of sp³-hybridized carbons (Fsp3) is 0.438. The molecule has 0 spiro atoms. The number of pyridine rings is 1. The number of fused-ring (bicyclic) bond motifs is 3. The normalized spacial score (nSPS) is 22.0. The lowest BCUT2D eigenvalue weighted by molar-refractivity contribution is 0.278. The topological polar surface area (TPSA) is 110 Å². The van der Waals surface area contributed by atoms with E-state index >= 15 is 0 Å². The van der Waals surface area contributed by atoms with Gasteiger partial charge in [0.05, 0.1) is 10.9 Å². The van der Waals surface area contributed by atoms with Crippen LogP contribution >= 0.6 is 0 Å². The van der Waals surface area contributed by atoms with E-state index in [4.69, 9.17) is 5.73 Å². The van der Waals surface area contributed by atoms with Gasteiger partial charge in [0.2, 0.25) is 0 Å². The summed E-state index contributed by atoms with van der Waals surface area (Å²) in [6.45, 7) is 0.694. The Hall–Kier alpha value is -2.41. The van der Waals surface area contributed by atoms with Gasteiger partial charge in [-0.1, -0.05) is 0 Å². The summed E-state index contributed by atoms with van der Waals surface area (Å²) in [5.74, 6) is 0.532. The smallest absolute Gasteiger partial charge is 0.329 e. The first-order chi connectivity index (χ1) is 11.2. The highest BCUT2D eigenvalue weighted by Gasteiger charge is 2.25. The highest BCUT2D eigenvalue weighted by atomic mass is 16.2. The first-order valence-electron chi connectivity index (χ1n) is 7.99. The molecule has 3 heterocycles. The van der Waals surface area contributed by atoms with E-state index in [1.165, 1.54) is 6.20 Å².